The molecule has 162 valence electrons. The number of halogens is 2. The molecule has 0 amide bonds. The minimum absolute atomic E-state index is 0.119. The summed E-state index contributed by atoms with van der Waals surface area (Å²) in [5, 5.41) is 0. The lowest BCUT2D eigenvalue weighted by atomic mass is 10.0. The van der Waals surface area contributed by atoms with E-state index in [-0.39, 0.29) is 19.0 Å². The molecule has 0 bridgehead atoms. The molecule has 0 aromatic heterocycles. The van der Waals surface area contributed by atoms with Crippen molar-refractivity contribution in [2.24, 2.45) is 5.73 Å². The first-order valence-electron chi connectivity index (χ1n) is 9.61. The van der Waals surface area contributed by atoms with Crippen molar-refractivity contribution < 1.29 is 27.8 Å². The maximum absolute atomic E-state index is 14.8. The smallest absolute Gasteiger partial charge is 0.329 e. The van der Waals surface area contributed by atoms with Crippen molar-refractivity contribution in [2.45, 2.75) is 25.2 Å². The minimum atomic E-state index is -3.66. The minimum Gasteiger partial charge on any atom is -0.485 e. The van der Waals surface area contributed by atoms with Gasteiger partial charge in [0.1, 0.15) is 13.2 Å². The van der Waals surface area contributed by atoms with E-state index in [0.717, 1.165) is 24.3 Å². The van der Waals surface area contributed by atoms with Gasteiger partial charge in [0.2, 0.25) is 0 Å². The summed E-state index contributed by atoms with van der Waals surface area (Å²) in [5.74, 6) is -4.45. The summed E-state index contributed by atoms with van der Waals surface area (Å²) in [6.45, 7) is 0.389. The summed E-state index contributed by atoms with van der Waals surface area (Å²) >= 11 is 0. The van der Waals surface area contributed by atoms with Gasteiger partial charge in [-0.25, -0.2) is 0 Å². The molecule has 0 aliphatic heterocycles. The van der Waals surface area contributed by atoms with Crippen molar-refractivity contribution >= 4 is 5.97 Å². The summed E-state index contributed by atoms with van der Waals surface area (Å²) < 4.78 is 45.6. The van der Waals surface area contributed by atoms with E-state index in [9.17, 15) is 13.6 Å². The quantitative estimate of drug-likeness (QED) is 0.512. The number of benzene rings is 3. The molecule has 0 fully saturated rings. The average Bonchev–Trinajstić information content (AvgIpc) is 2.81. The van der Waals surface area contributed by atoms with Crippen LogP contribution in [0.5, 0.6) is 11.5 Å². The Morgan fingerprint density at radius 3 is 1.90 bits per heavy atom. The van der Waals surface area contributed by atoms with Crippen LogP contribution in [0, 0.1) is 0 Å². The fourth-order valence-electron chi connectivity index (χ4n) is 2.87. The fraction of sp³-hybridized carbons (Fsp3) is 0.208. The first-order valence-corrected chi connectivity index (χ1v) is 9.61. The van der Waals surface area contributed by atoms with Crippen molar-refractivity contribution in [1.82, 2.24) is 0 Å². The molecule has 31 heavy (non-hydrogen) atoms. The normalized spacial score (nSPS) is 12.1. The van der Waals surface area contributed by atoms with Crippen LogP contribution in [0.2, 0.25) is 0 Å². The number of nitrogens with two attached hydrogens (primary N) is 1. The molecule has 0 radical (unpaired) electrons. The average molecular weight is 427 g/mol. The van der Waals surface area contributed by atoms with E-state index in [2.05, 4.69) is 4.74 Å². The fourth-order valence-corrected chi connectivity index (χ4v) is 2.87. The van der Waals surface area contributed by atoms with Gasteiger partial charge in [0.15, 0.2) is 17.5 Å². The Morgan fingerprint density at radius 2 is 1.39 bits per heavy atom. The molecule has 2 N–H and O–H groups in total. The molecule has 0 spiro atoms. The highest BCUT2D eigenvalue weighted by Gasteiger charge is 2.44. The molecule has 0 aliphatic rings. The van der Waals surface area contributed by atoms with Crippen LogP contribution in [0.4, 0.5) is 8.78 Å². The van der Waals surface area contributed by atoms with E-state index in [1.165, 1.54) is 12.1 Å². The molecule has 0 saturated heterocycles. The van der Waals surface area contributed by atoms with Gasteiger partial charge in [0.05, 0.1) is 7.11 Å². The molecule has 0 saturated carbocycles. The largest absolute Gasteiger partial charge is 0.485 e. The first-order chi connectivity index (χ1) is 14.9. The Kier molecular flexibility index (Phi) is 7.20. The molecule has 1 atom stereocenters. The number of methoxy groups -OCH3 is 1. The number of esters is 1. The highest BCUT2D eigenvalue weighted by atomic mass is 19.3. The Morgan fingerprint density at radius 1 is 0.871 bits per heavy atom. The van der Waals surface area contributed by atoms with E-state index >= 15 is 0 Å². The van der Waals surface area contributed by atoms with Crippen LogP contribution in [-0.4, -0.2) is 19.1 Å². The van der Waals surface area contributed by atoms with Crippen molar-refractivity contribution in [2.75, 3.05) is 7.11 Å². The second kappa shape index (κ2) is 10.0. The van der Waals surface area contributed by atoms with Crippen molar-refractivity contribution in [3.05, 3.63) is 95.6 Å². The summed E-state index contributed by atoms with van der Waals surface area (Å²) in [6, 6.07) is 20.3. The molecule has 3 aromatic carbocycles. The second-order valence-corrected chi connectivity index (χ2v) is 6.83. The predicted octanol–water partition coefficient (Wildman–Crippen LogP) is 4.44. The number of hydrogen-bond donors (Lipinski definition) is 1. The van der Waals surface area contributed by atoms with Crippen molar-refractivity contribution in [3.63, 3.8) is 0 Å². The molecule has 7 heteroatoms. The zero-order valence-corrected chi connectivity index (χ0v) is 17.0. The maximum Gasteiger partial charge on any atom is 0.329 e. The predicted molar refractivity (Wildman–Crippen MR) is 112 cm³/mol. The number of ether oxygens (including phenoxy) is 3. The van der Waals surface area contributed by atoms with Gasteiger partial charge in [-0.2, -0.15) is 8.78 Å². The number of rotatable bonds is 9. The third-order valence-electron chi connectivity index (χ3n) is 4.65. The molecular formula is C24H23F2NO4. The van der Waals surface area contributed by atoms with Gasteiger partial charge in [0.25, 0.3) is 5.92 Å². The lowest BCUT2D eigenvalue weighted by Crippen LogP contribution is -2.45. The molecule has 0 heterocycles. The van der Waals surface area contributed by atoms with Crippen LogP contribution in [-0.2, 0) is 28.7 Å². The van der Waals surface area contributed by atoms with Crippen molar-refractivity contribution in [1.29, 1.82) is 0 Å². The van der Waals surface area contributed by atoms with Crippen molar-refractivity contribution in [3.8, 4) is 11.5 Å². The Bertz CT molecular complexity index is 997. The van der Waals surface area contributed by atoms with Gasteiger partial charge in [-0.05, 0) is 29.3 Å². The van der Waals surface area contributed by atoms with Crippen LogP contribution < -0.4 is 15.2 Å². The van der Waals surface area contributed by atoms with Gasteiger partial charge in [-0.1, -0.05) is 60.7 Å². The Balaban J connectivity index is 1.87. The zero-order chi connectivity index (χ0) is 22.3. The lowest BCUT2D eigenvalue weighted by Gasteiger charge is -2.23. The molecule has 1 unspecified atom stereocenters. The zero-order valence-electron chi connectivity index (χ0n) is 17.0. The van der Waals surface area contributed by atoms with E-state index < -0.39 is 23.5 Å². The highest BCUT2D eigenvalue weighted by molar-refractivity contribution is 5.77. The Labute approximate surface area is 179 Å². The van der Waals surface area contributed by atoms with Gasteiger partial charge in [0, 0.05) is 5.56 Å². The molecule has 0 aliphatic carbocycles. The van der Waals surface area contributed by atoms with E-state index in [0.29, 0.717) is 5.75 Å². The number of carbonyl (C=O) groups is 1. The van der Waals surface area contributed by atoms with E-state index in [1.54, 1.807) is 0 Å². The molecule has 5 nitrogen and oxygen atoms in total. The summed E-state index contributed by atoms with van der Waals surface area (Å²) in [4.78, 5) is 11.6. The second-order valence-electron chi connectivity index (χ2n) is 6.83. The molecular weight excluding hydrogens is 404 g/mol. The van der Waals surface area contributed by atoms with Crippen LogP contribution in [0.3, 0.4) is 0 Å². The first kappa shape index (κ1) is 22.2. The standard InChI is InChI=1S/C24H23F2NO4/c1-29-23(28)22(27)24(25,26)19-12-13-20(30-15-17-8-4-2-5-9-17)21(14-19)31-16-18-10-6-3-7-11-18/h2-14,22H,15-16,27H2,1H3. The SMILES string of the molecule is COC(=O)C(N)C(F)(F)c1ccc(OCc2ccccc2)c(OCc2ccccc2)c1. The third kappa shape index (κ3) is 5.58. The van der Waals surface area contributed by atoms with Gasteiger partial charge in [-0.3, -0.25) is 4.79 Å². The van der Waals surface area contributed by atoms with Crippen LogP contribution in [0.15, 0.2) is 78.9 Å². The highest BCUT2D eigenvalue weighted by Crippen LogP contribution is 2.38. The maximum atomic E-state index is 14.8. The Hall–Kier alpha value is -3.45. The molecule has 3 aromatic rings. The number of alkyl halides is 2. The topological polar surface area (TPSA) is 70.8 Å². The summed E-state index contributed by atoms with van der Waals surface area (Å²) in [7, 11) is 1.01. The summed E-state index contributed by atoms with van der Waals surface area (Å²) in [6.07, 6.45) is 0. The third-order valence-corrected chi connectivity index (χ3v) is 4.65. The monoisotopic (exact) mass is 427 g/mol. The number of carbonyl (C=O) groups excluding carboxylic acids is 1. The van der Waals surface area contributed by atoms with Crippen LogP contribution >= 0.6 is 0 Å². The van der Waals surface area contributed by atoms with Gasteiger partial charge < -0.3 is 19.9 Å². The lowest BCUT2D eigenvalue weighted by molar-refractivity contribution is -0.153. The van der Waals surface area contributed by atoms with E-state index in [4.69, 9.17) is 15.2 Å². The molecule has 3 rings (SSSR count). The number of hydrogen-bond acceptors (Lipinski definition) is 5. The van der Waals surface area contributed by atoms with Gasteiger partial charge in [-0.15, -0.1) is 0 Å². The van der Waals surface area contributed by atoms with Crippen LogP contribution in [0.1, 0.15) is 16.7 Å². The van der Waals surface area contributed by atoms with Gasteiger partial charge >= 0.3 is 5.97 Å². The van der Waals surface area contributed by atoms with Crippen LogP contribution in [0.25, 0.3) is 0 Å². The summed E-state index contributed by atoms with van der Waals surface area (Å²) in [5.41, 5.74) is 6.73. The van der Waals surface area contributed by atoms with E-state index in [1.807, 2.05) is 60.7 Å².